The lowest BCUT2D eigenvalue weighted by atomic mass is 10.1. The molecular weight excluding hydrogens is 196 g/mol. The number of rotatable bonds is 7. The molecule has 0 aromatic rings. The van der Waals surface area contributed by atoms with Gasteiger partial charge in [-0.3, -0.25) is 9.59 Å². The first-order chi connectivity index (χ1) is 6.97. The molecule has 0 aromatic carbocycles. The number of carbonyl (C=O) groups is 2. The monoisotopic (exact) mass is 216 g/mol. The maximum atomic E-state index is 11.2. The lowest BCUT2D eigenvalue weighted by molar-refractivity contribution is -0.126. The number of nitrogens with one attached hydrogen (secondary N) is 2. The molecule has 2 atom stereocenters. The van der Waals surface area contributed by atoms with E-state index in [9.17, 15) is 9.59 Å². The van der Waals surface area contributed by atoms with Gasteiger partial charge in [0.25, 0.3) is 0 Å². The molecule has 5 heteroatoms. The van der Waals surface area contributed by atoms with Crippen LogP contribution in [0, 0.1) is 0 Å². The van der Waals surface area contributed by atoms with Crippen LogP contribution in [-0.4, -0.2) is 42.5 Å². The van der Waals surface area contributed by atoms with Gasteiger partial charge in [0.1, 0.15) is 0 Å². The minimum atomic E-state index is -0.486. The molecule has 0 spiro atoms. The Kier molecular flexibility index (Phi) is 6.90. The topological polar surface area (TPSA) is 78.4 Å². The average molecular weight is 216 g/mol. The Hall–Kier alpha value is -0.940. The van der Waals surface area contributed by atoms with Gasteiger partial charge in [0, 0.05) is 0 Å². The van der Waals surface area contributed by atoms with Crippen molar-refractivity contribution in [2.24, 2.45) is 0 Å². The van der Waals surface area contributed by atoms with E-state index in [0.717, 1.165) is 0 Å². The highest BCUT2D eigenvalue weighted by molar-refractivity contribution is 5.88. The largest absolute Gasteiger partial charge is 0.393 e. The summed E-state index contributed by atoms with van der Waals surface area (Å²) >= 11 is 0. The molecule has 5 nitrogen and oxygen atoms in total. The molecule has 1 amide bonds. The first-order valence-electron chi connectivity index (χ1n) is 5.09. The van der Waals surface area contributed by atoms with Crippen LogP contribution >= 0.6 is 0 Å². The highest BCUT2D eigenvalue weighted by atomic mass is 16.3. The second-order valence-corrected chi connectivity index (χ2v) is 3.69. The molecule has 2 unspecified atom stereocenters. The van der Waals surface area contributed by atoms with E-state index in [2.05, 4.69) is 10.6 Å². The Labute approximate surface area is 90.2 Å². The van der Waals surface area contributed by atoms with Gasteiger partial charge in [-0.05, 0) is 33.7 Å². The molecule has 0 aliphatic rings. The van der Waals surface area contributed by atoms with Crippen molar-refractivity contribution in [3.05, 3.63) is 0 Å². The lowest BCUT2D eigenvalue weighted by Crippen LogP contribution is -2.43. The summed E-state index contributed by atoms with van der Waals surface area (Å²) in [5.41, 5.74) is 0. The number of ketones is 1. The highest BCUT2D eigenvalue weighted by Gasteiger charge is 2.16. The summed E-state index contributed by atoms with van der Waals surface area (Å²) in [6.45, 7) is 3.29. The number of amides is 1. The molecule has 15 heavy (non-hydrogen) atoms. The number of likely N-dealkylation sites (N-methyl/N-ethyl adjacent to an activating group) is 1. The Bertz CT molecular complexity index is 217. The van der Waals surface area contributed by atoms with Gasteiger partial charge in [-0.1, -0.05) is 0 Å². The molecular formula is C10H20N2O3. The molecule has 0 radical (unpaired) electrons. The summed E-state index contributed by atoms with van der Waals surface area (Å²) in [7, 11) is 1.66. The van der Waals surface area contributed by atoms with E-state index >= 15 is 0 Å². The van der Waals surface area contributed by atoms with E-state index in [1.807, 2.05) is 0 Å². The van der Waals surface area contributed by atoms with Crippen molar-refractivity contribution < 1.29 is 14.7 Å². The fraction of sp³-hybridized carbons (Fsp3) is 0.800. The van der Waals surface area contributed by atoms with E-state index in [0.29, 0.717) is 12.8 Å². The number of aliphatic hydroxyl groups excluding tert-OH is 1. The van der Waals surface area contributed by atoms with Crippen molar-refractivity contribution in [2.75, 3.05) is 13.6 Å². The quantitative estimate of drug-likeness (QED) is 0.533. The van der Waals surface area contributed by atoms with Gasteiger partial charge in [-0.25, -0.2) is 0 Å². The first kappa shape index (κ1) is 14.1. The zero-order valence-corrected chi connectivity index (χ0v) is 9.54. The average Bonchev–Trinajstić information content (AvgIpc) is 2.11. The van der Waals surface area contributed by atoms with Crippen LogP contribution in [0.2, 0.25) is 0 Å². The molecule has 0 aliphatic heterocycles. The Morgan fingerprint density at radius 3 is 2.33 bits per heavy atom. The van der Waals surface area contributed by atoms with Crippen LogP contribution in [0.15, 0.2) is 0 Å². The molecule has 0 saturated heterocycles. The Morgan fingerprint density at radius 2 is 1.93 bits per heavy atom. The summed E-state index contributed by atoms with van der Waals surface area (Å²) in [4.78, 5) is 22.4. The van der Waals surface area contributed by atoms with E-state index in [1.54, 1.807) is 14.0 Å². The SMILES string of the molecule is CNCC(=O)NC(CCC(C)O)C(C)=O. The molecule has 0 bridgehead atoms. The number of aliphatic hydroxyl groups is 1. The summed E-state index contributed by atoms with van der Waals surface area (Å²) in [6, 6.07) is -0.486. The van der Waals surface area contributed by atoms with Crippen LogP contribution in [0.1, 0.15) is 26.7 Å². The van der Waals surface area contributed by atoms with Gasteiger partial charge in [0.2, 0.25) is 5.91 Å². The summed E-state index contributed by atoms with van der Waals surface area (Å²) < 4.78 is 0. The van der Waals surface area contributed by atoms with E-state index in [1.165, 1.54) is 6.92 Å². The Morgan fingerprint density at radius 1 is 1.33 bits per heavy atom. The number of carbonyl (C=O) groups excluding carboxylic acids is 2. The second kappa shape index (κ2) is 7.36. The number of Topliss-reactive ketones (excluding diaryl/α,β-unsaturated/α-hetero) is 1. The zero-order valence-electron chi connectivity index (χ0n) is 9.54. The number of hydrogen-bond acceptors (Lipinski definition) is 4. The molecule has 0 aromatic heterocycles. The van der Waals surface area contributed by atoms with Gasteiger partial charge < -0.3 is 15.7 Å². The minimum Gasteiger partial charge on any atom is -0.393 e. The van der Waals surface area contributed by atoms with Crippen molar-refractivity contribution in [3.8, 4) is 0 Å². The molecule has 88 valence electrons. The molecule has 3 N–H and O–H groups in total. The molecule has 0 rings (SSSR count). The summed E-state index contributed by atoms with van der Waals surface area (Å²) in [5, 5.41) is 14.4. The summed E-state index contributed by atoms with van der Waals surface area (Å²) in [6.07, 6.45) is 0.528. The third-order valence-corrected chi connectivity index (χ3v) is 2.04. The van der Waals surface area contributed by atoms with Crippen LogP contribution in [0.3, 0.4) is 0 Å². The lowest BCUT2D eigenvalue weighted by Gasteiger charge is -2.16. The molecule has 0 fully saturated rings. The number of hydrogen-bond donors (Lipinski definition) is 3. The van der Waals surface area contributed by atoms with Crippen LogP contribution in [0.4, 0.5) is 0 Å². The smallest absolute Gasteiger partial charge is 0.234 e. The third kappa shape index (κ3) is 7.04. The predicted molar refractivity (Wildman–Crippen MR) is 57.5 cm³/mol. The molecule has 0 heterocycles. The van der Waals surface area contributed by atoms with Gasteiger partial charge in [-0.2, -0.15) is 0 Å². The van der Waals surface area contributed by atoms with E-state index in [-0.39, 0.29) is 18.2 Å². The maximum absolute atomic E-state index is 11.2. The maximum Gasteiger partial charge on any atom is 0.234 e. The van der Waals surface area contributed by atoms with Gasteiger partial charge in [0.15, 0.2) is 5.78 Å². The van der Waals surface area contributed by atoms with Crippen molar-refractivity contribution in [2.45, 2.75) is 38.8 Å². The molecule has 0 saturated carbocycles. The fourth-order valence-electron chi connectivity index (χ4n) is 1.19. The van der Waals surface area contributed by atoms with Crippen LogP contribution in [-0.2, 0) is 9.59 Å². The minimum absolute atomic E-state index is 0.0832. The Balaban J connectivity index is 4.04. The highest BCUT2D eigenvalue weighted by Crippen LogP contribution is 2.02. The standard InChI is InChI=1S/C10H20N2O3/c1-7(13)4-5-9(8(2)14)12-10(15)6-11-3/h7,9,11,13H,4-6H2,1-3H3,(H,12,15). The van der Waals surface area contributed by atoms with Crippen LogP contribution in [0.25, 0.3) is 0 Å². The van der Waals surface area contributed by atoms with Crippen molar-refractivity contribution in [3.63, 3.8) is 0 Å². The van der Waals surface area contributed by atoms with Crippen LogP contribution in [0.5, 0.6) is 0 Å². The van der Waals surface area contributed by atoms with Crippen molar-refractivity contribution >= 4 is 11.7 Å². The van der Waals surface area contributed by atoms with Gasteiger partial charge in [-0.15, -0.1) is 0 Å². The predicted octanol–water partition coefficient (Wildman–Crippen LogP) is -0.559. The molecule has 0 aliphatic carbocycles. The van der Waals surface area contributed by atoms with Gasteiger partial charge >= 0.3 is 0 Å². The normalized spacial score (nSPS) is 14.4. The first-order valence-corrected chi connectivity index (χ1v) is 5.09. The fourth-order valence-corrected chi connectivity index (χ4v) is 1.19. The van der Waals surface area contributed by atoms with Crippen molar-refractivity contribution in [1.29, 1.82) is 0 Å². The third-order valence-electron chi connectivity index (χ3n) is 2.04. The van der Waals surface area contributed by atoms with E-state index in [4.69, 9.17) is 5.11 Å². The second-order valence-electron chi connectivity index (χ2n) is 3.69. The zero-order chi connectivity index (χ0) is 11.8. The van der Waals surface area contributed by atoms with Crippen molar-refractivity contribution in [1.82, 2.24) is 10.6 Å². The van der Waals surface area contributed by atoms with Crippen LogP contribution < -0.4 is 10.6 Å². The van der Waals surface area contributed by atoms with Gasteiger partial charge in [0.05, 0.1) is 18.7 Å². The van der Waals surface area contributed by atoms with E-state index < -0.39 is 12.1 Å². The summed E-state index contributed by atoms with van der Waals surface area (Å²) in [5.74, 6) is -0.289.